The average Bonchev–Trinajstić information content (AvgIpc) is 3.21. The van der Waals surface area contributed by atoms with Crippen LogP contribution in [0.1, 0.15) is 17.2 Å². The fraction of sp³-hybridized carbons (Fsp3) is 0.182. The lowest BCUT2D eigenvalue weighted by atomic mass is 9.98. The fourth-order valence-electron chi connectivity index (χ4n) is 3.69. The van der Waals surface area contributed by atoms with Crippen LogP contribution in [0.15, 0.2) is 70.5 Å². The lowest BCUT2D eigenvalue weighted by molar-refractivity contribution is 0.354. The quantitative estimate of drug-likeness (QED) is 0.463. The summed E-state index contributed by atoms with van der Waals surface area (Å²) in [5.41, 5.74) is 9.03. The highest BCUT2D eigenvalue weighted by molar-refractivity contribution is 7.95. The minimum atomic E-state index is -4.15. The lowest BCUT2D eigenvalue weighted by Gasteiger charge is -2.16. The molecule has 1 atom stereocenters. The van der Waals surface area contributed by atoms with Crippen LogP contribution in [0.25, 0.3) is 0 Å². The number of sulfone groups is 1. The van der Waals surface area contributed by atoms with Gasteiger partial charge in [-0.2, -0.15) is 0 Å². The Balaban J connectivity index is 1.69. The number of rotatable bonds is 7. The first-order chi connectivity index (χ1) is 15.6. The van der Waals surface area contributed by atoms with Gasteiger partial charge in [-0.25, -0.2) is 22.3 Å². The van der Waals surface area contributed by atoms with E-state index in [4.69, 9.17) is 9.47 Å². The average molecular weight is 490 g/mol. The molecule has 9 nitrogen and oxygen atoms in total. The van der Waals surface area contributed by atoms with Crippen molar-refractivity contribution in [2.75, 3.05) is 30.6 Å². The zero-order valence-electron chi connectivity index (χ0n) is 18.1. The largest absolute Gasteiger partial charge is 0.493 e. The zero-order chi connectivity index (χ0) is 23.8. The van der Waals surface area contributed by atoms with Gasteiger partial charge in [-0.1, -0.05) is 18.2 Å². The number of benzene rings is 3. The van der Waals surface area contributed by atoms with E-state index in [9.17, 15) is 16.8 Å². The van der Waals surface area contributed by atoms with Gasteiger partial charge in [-0.15, -0.1) is 0 Å². The Morgan fingerprint density at radius 2 is 1.55 bits per heavy atom. The molecule has 0 aliphatic carbocycles. The Kier molecular flexibility index (Phi) is 5.95. The maximum absolute atomic E-state index is 13.0. The van der Waals surface area contributed by atoms with Crippen LogP contribution in [0, 0.1) is 0 Å². The first-order valence-electron chi connectivity index (χ1n) is 9.83. The van der Waals surface area contributed by atoms with E-state index in [1.54, 1.807) is 38.5 Å². The van der Waals surface area contributed by atoms with Crippen molar-refractivity contribution < 1.29 is 26.3 Å². The van der Waals surface area contributed by atoms with Crippen LogP contribution in [0.2, 0.25) is 0 Å². The van der Waals surface area contributed by atoms with E-state index in [1.165, 1.54) is 24.3 Å². The summed E-state index contributed by atoms with van der Waals surface area (Å²) in [7, 11) is -4.78. The van der Waals surface area contributed by atoms with Crippen molar-refractivity contribution in [2.45, 2.75) is 15.8 Å². The van der Waals surface area contributed by atoms with E-state index < -0.39 is 19.9 Å². The molecule has 174 valence electrons. The second-order valence-electron chi connectivity index (χ2n) is 7.44. The topological polar surface area (TPSA) is 123 Å². The summed E-state index contributed by atoms with van der Waals surface area (Å²) in [5.74, 6) is 1.16. The van der Waals surface area contributed by atoms with Gasteiger partial charge in [0, 0.05) is 17.5 Å². The minimum absolute atomic E-state index is 0.259. The van der Waals surface area contributed by atoms with Crippen LogP contribution in [-0.4, -0.2) is 37.3 Å². The van der Waals surface area contributed by atoms with E-state index in [0.29, 0.717) is 17.2 Å². The molecule has 11 heteroatoms. The molecule has 4 rings (SSSR count). The molecule has 3 aromatic rings. The predicted octanol–water partition coefficient (Wildman–Crippen LogP) is 2.93. The van der Waals surface area contributed by atoms with Crippen LogP contribution >= 0.6 is 0 Å². The van der Waals surface area contributed by atoms with Crippen molar-refractivity contribution in [3.63, 3.8) is 0 Å². The molecule has 3 aromatic carbocycles. The Morgan fingerprint density at radius 1 is 0.848 bits per heavy atom. The molecule has 1 unspecified atom stereocenters. The summed E-state index contributed by atoms with van der Waals surface area (Å²) in [6.45, 7) is 0. The van der Waals surface area contributed by atoms with E-state index in [-0.39, 0.29) is 15.8 Å². The van der Waals surface area contributed by atoms with Crippen molar-refractivity contribution >= 4 is 31.2 Å². The maximum atomic E-state index is 13.0. The van der Waals surface area contributed by atoms with Gasteiger partial charge >= 0.3 is 0 Å². The molecule has 3 N–H and O–H groups in total. The summed E-state index contributed by atoms with van der Waals surface area (Å²) in [4.78, 5) is -0.564. The molecule has 0 amide bonds. The van der Waals surface area contributed by atoms with Gasteiger partial charge in [-0.3, -0.25) is 4.72 Å². The molecule has 0 spiro atoms. The van der Waals surface area contributed by atoms with Crippen LogP contribution in [0.3, 0.4) is 0 Å². The second-order valence-corrected chi connectivity index (χ2v) is 11.1. The van der Waals surface area contributed by atoms with Gasteiger partial charge in [0.25, 0.3) is 10.0 Å². The van der Waals surface area contributed by atoms with Crippen molar-refractivity contribution in [1.29, 1.82) is 0 Å². The molecule has 0 radical (unpaired) electrons. The third-order valence-electron chi connectivity index (χ3n) is 5.25. The Bertz CT molecular complexity index is 1420. The molecular weight excluding hydrogens is 466 g/mol. The minimum Gasteiger partial charge on any atom is -0.493 e. The van der Waals surface area contributed by atoms with E-state index in [0.717, 1.165) is 23.1 Å². The summed E-state index contributed by atoms with van der Waals surface area (Å²) in [5, 5.41) is 0. The molecule has 0 saturated heterocycles. The fourth-order valence-corrected chi connectivity index (χ4v) is 6.37. The Hall–Kier alpha value is -3.28. The number of anilines is 2. The smallest absolute Gasteiger partial charge is 0.263 e. The van der Waals surface area contributed by atoms with Crippen molar-refractivity contribution in [3.8, 4) is 11.5 Å². The SMILES string of the molecule is COc1ccc(C2NNc3ccc(NS(=O)(=O)c4ccccc4S(C)(=O)=O)cc32)cc1OC. The molecule has 0 bridgehead atoms. The van der Waals surface area contributed by atoms with Gasteiger partial charge in [0.05, 0.1) is 30.8 Å². The molecule has 33 heavy (non-hydrogen) atoms. The van der Waals surface area contributed by atoms with Crippen LogP contribution in [0.4, 0.5) is 11.4 Å². The monoisotopic (exact) mass is 489 g/mol. The molecule has 1 heterocycles. The lowest BCUT2D eigenvalue weighted by Crippen LogP contribution is -2.19. The van der Waals surface area contributed by atoms with Crippen molar-refractivity contribution in [1.82, 2.24) is 5.43 Å². The number of methoxy groups -OCH3 is 2. The van der Waals surface area contributed by atoms with Crippen LogP contribution < -0.4 is 25.0 Å². The predicted molar refractivity (Wildman–Crippen MR) is 125 cm³/mol. The Morgan fingerprint density at radius 3 is 2.21 bits per heavy atom. The van der Waals surface area contributed by atoms with Crippen LogP contribution in [-0.2, 0) is 19.9 Å². The van der Waals surface area contributed by atoms with E-state index >= 15 is 0 Å². The third-order valence-corrected chi connectivity index (χ3v) is 7.97. The molecule has 0 fully saturated rings. The zero-order valence-corrected chi connectivity index (χ0v) is 19.7. The molecule has 0 aromatic heterocycles. The third kappa shape index (κ3) is 4.47. The van der Waals surface area contributed by atoms with Gasteiger partial charge in [-0.05, 0) is 48.0 Å². The summed E-state index contributed by atoms with van der Waals surface area (Å²) in [6.07, 6.45) is 0.974. The number of ether oxygens (including phenoxy) is 2. The van der Waals surface area contributed by atoms with Gasteiger partial charge < -0.3 is 14.9 Å². The highest BCUT2D eigenvalue weighted by Gasteiger charge is 2.27. The maximum Gasteiger partial charge on any atom is 0.263 e. The summed E-state index contributed by atoms with van der Waals surface area (Å²) >= 11 is 0. The van der Waals surface area contributed by atoms with E-state index in [2.05, 4.69) is 15.6 Å². The molecular formula is C22H23N3O6S2. The van der Waals surface area contributed by atoms with Crippen molar-refractivity contribution in [2.24, 2.45) is 0 Å². The van der Waals surface area contributed by atoms with E-state index in [1.807, 2.05) is 12.1 Å². The summed E-state index contributed by atoms with van der Waals surface area (Å²) in [6, 6.07) is 15.8. The number of hydrazine groups is 1. The Labute approximate surface area is 192 Å². The number of hydrogen-bond donors (Lipinski definition) is 3. The normalized spacial score (nSPS) is 15.4. The van der Waals surface area contributed by atoms with Gasteiger partial charge in [0.15, 0.2) is 21.3 Å². The van der Waals surface area contributed by atoms with Gasteiger partial charge in [0.1, 0.15) is 4.90 Å². The number of sulfonamides is 1. The van der Waals surface area contributed by atoms with Crippen LogP contribution in [0.5, 0.6) is 11.5 Å². The second kappa shape index (κ2) is 8.58. The highest BCUT2D eigenvalue weighted by Crippen LogP contribution is 2.38. The summed E-state index contributed by atoms with van der Waals surface area (Å²) < 4.78 is 63.4. The first kappa shape index (κ1) is 22.9. The van der Waals surface area contributed by atoms with Gasteiger partial charge in [0.2, 0.25) is 0 Å². The number of fused-ring (bicyclic) bond motifs is 1. The first-order valence-corrected chi connectivity index (χ1v) is 13.2. The highest BCUT2D eigenvalue weighted by atomic mass is 32.2. The molecule has 0 saturated carbocycles. The molecule has 1 aliphatic rings. The number of nitrogens with one attached hydrogen (secondary N) is 3. The standard InChI is InChI=1S/C22H23N3O6S2/c1-30-18-11-8-14(12-19(18)31-2)22-16-13-15(9-10-17(16)23-24-22)25-33(28,29)21-7-5-4-6-20(21)32(3,26)27/h4-13,22-25H,1-3H3. The number of hydrogen-bond acceptors (Lipinski definition) is 8. The van der Waals surface area contributed by atoms with Crippen molar-refractivity contribution in [3.05, 3.63) is 71.8 Å². The molecule has 1 aliphatic heterocycles.